The monoisotopic (exact) mass is 223 g/mol. The normalized spacial score (nSPS) is 21.8. The van der Waals surface area contributed by atoms with Crippen LogP contribution in [0.15, 0.2) is 0 Å². The maximum absolute atomic E-state index is 6.09. The SMILES string of the molecule is Cc1nn(C)c(C)c1OC1CCCNCC1. The van der Waals surface area contributed by atoms with E-state index in [-0.39, 0.29) is 0 Å². The van der Waals surface area contributed by atoms with E-state index < -0.39 is 0 Å². The van der Waals surface area contributed by atoms with Gasteiger partial charge in [-0.3, -0.25) is 4.68 Å². The van der Waals surface area contributed by atoms with E-state index in [1.54, 1.807) is 0 Å². The van der Waals surface area contributed by atoms with Crippen LogP contribution >= 0.6 is 0 Å². The van der Waals surface area contributed by atoms with Crippen LogP contribution in [-0.4, -0.2) is 29.0 Å². The molecule has 16 heavy (non-hydrogen) atoms. The summed E-state index contributed by atoms with van der Waals surface area (Å²) < 4.78 is 7.98. The molecular formula is C12H21N3O. The van der Waals surface area contributed by atoms with Gasteiger partial charge in [-0.1, -0.05) is 0 Å². The molecule has 2 heterocycles. The van der Waals surface area contributed by atoms with Crippen LogP contribution in [0.4, 0.5) is 0 Å². The third-order valence-electron chi connectivity index (χ3n) is 3.25. The standard InChI is InChI=1S/C12H21N3O/c1-9-12(10(2)15(3)14-9)16-11-5-4-7-13-8-6-11/h11,13H,4-8H2,1-3H3. The molecular weight excluding hydrogens is 202 g/mol. The molecule has 1 N–H and O–H groups in total. The van der Waals surface area contributed by atoms with Crippen molar-refractivity contribution in [3.63, 3.8) is 0 Å². The number of ether oxygens (including phenoxy) is 1. The minimum absolute atomic E-state index is 0.344. The lowest BCUT2D eigenvalue weighted by molar-refractivity contribution is 0.185. The molecule has 1 unspecified atom stereocenters. The van der Waals surface area contributed by atoms with Gasteiger partial charge in [-0.05, 0) is 46.2 Å². The fourth-order valence-corrected chi connectivity index (χ4v) is 2.20. The van der Waals surface area contributed by atoms with Crippen LogP contribution in [0.3, 0.4) is 0 Å². The lowest BCUT2D eigenvalue weighted by atomic mass is 10.1. The number of hydrogen-bond donors (Lipinski definition) is 1. The summed E-state index contributed by atoms with van der Waals surface area (Å²) in [7, 11) is 1.96. The number of aromatic nitrogens is 2. The highest BCUT2D eigenvalue weighted by atomic mass is 16.5. The van der Waals surface area contributed by atoms with Gasteiger partial charge in [-0.2, -0.15) is 5.10 Å². The third kappa shape index (κ3) is 2.38. The van der Waals surface area contributed by atoms with Crippen molar-refractivity contribution in [2.24, 2.45) is 7.05 Å². The van der Waals surface area contributed by atoms with Crippen molar-refractivity contribution >= 4 is 0 Å². The fourth-order valence-electron chi connectivity index (χ4n) is 2.20. The van der Waals surface area contributed by atoms with Crippen LogP contribution in [0, 0.1) is 13.8 Å². The van der Waals surface area contributed by atoms with Gasteiger partial charge in [0.25, 0.3) is 0 Å². The zero-order chi connectivity index (χ0) is 11.5. The Morgan fingerprint density at radius 3 is 2.81 bits per heavy atom. The molecule has 0 bridgehead atoms. The van der Waals surface area contributed by atoms with Crippen LogP contribution in [0.1, 0.15) is 30.7 Å². The van der Waals surface area contributed by atoms with E-state index in [0.717, 1.165) is 43.1 Å². The molecule has 1 aliphatic heterocycles. The predicted molar refractivity (Wildman–Crippen MR) is 63.8 cm³/mol. The number of aryl methyl sites for hydroxylation is 2. The predicted octanol–water partition coefficient (Wildman–Crippen LogP) is 1.56. The van der Waals surface area contributed by atoms with Crippen molar-refractivity contribution in [2.75, 3.05) is 13.1 Å². The molecule has 4 heteroatoms. The summed E-state index contributed by atoms with van der Waals surface area (Å²) in [6.07, 6.45) is 3.77. The summed E-state index contributed by atoms with van der Waals surface area (Å²) in [5.41, 5.74) is 2.12. The van der Waals surface area contributed by atoms with Gasteiger partial charge in [0.15, 0.2) is 5.75 Å². The van der Waals surface area contributed by atoms with E-state index in [0.29, 0.717) is 6.10 Å². The molecule has 0 radical (unpaired) electrons. The van der Waals surface area contributed by atoms with Crippen molar-refractivity contribution in [2.45, 2.75) is 39.2 Å². The molecule has 1 atom stereocenters. The van der Waals surface area contributed by atoms with Crippen molar-refractivity contribution in [3.05, 3.63) is 11.4 Å². The summed E-state index contributed by atoms with van der Waals surface area (Å²) in [6.45, 7) is 6.25. The first-order valence-electron chi connectivity index (χ1n) is 6.06. The third-order valence-corrected chi connectivity index (χ3v) is 3.25. The summed E-state index contributed by atoms with van der Waals surface area (Å²) in [5, 5.41) is 7.77. The maximum Gasteiger partial charge on any atom is 0.163 e. The Bertz CT molecular complexity index is 351. The summed E-state index contributed by atoms with van der Waals surface area (Å²) in [4.78, 5) is 0. The Morgan fingerprint density at radius 1 is 1.31 bits per heavy atom. The highest BCUT2D eigenvalue weighted by molar-refractivity contribution is 5.31. The molecule has 4 nitrogen and oxygen atoms in total. The van der Waals surface area contributed by atoms with Gasteiger partial charge in [-0.15, -0.1) is 0 Å². The molecule has 1 aromatic rings. The molecule has 0 saturated carbocycles. The quantitative estimate of drug-likeness (QED) is 0.827. The molecule has 0 aliphatic carbocycles. The van der Waals surface area contributed by atoms with E-state index >= 15 is 0 Å². The molecule has 1 saturated heterocycles. The van der Waals surface area contributed by atoms with E-state index in [4.69, 9.17) is 4.74 Å². The van der Waals surface area contributed by atoms with E-state index in [1.807, 2.05) is 18.7 Å². The first-order valence-corrected chi connectivity index (χ1v) is 6.06. The average molecular weight is 223 g/mol. The minimum atomic E-state index is 0.344. The molecule has 0 amide bonds. The van der Waals surface area contributed by atoms with Crippen molar-refractivity contribution < 1.29 is 4.74 Å². The second-order valence-electron chi connectivity index (χ2n) is 4.54. The molecule has 1 aromatic heterocycles. The molecule has 1 fully saturated rings. The zero-order valence-electron chi connectivity index (χ0n) is 10.4. The van der Waals surface area contributed by atoms with Gasteiger partial charge in [0.2, 0.25) is 0 Å². The van der Waals surface area contributed by atoms with E-state index in [9.17, 15) is 0 Å². The van der Waals surface area contributed by atoms with E-state index in [1.165, 1.54) is 6.42 Å². The first-order chi connectivity index (χ1) is 7.68. The summed E-state index contributed by atoms with van der Waals surface area (Å²) in [5.74, 6) is 0.981. The number of rotatable bonds is 2. The Hall–Kier alpha value is -1.03. The molecule has 0 aromatic carbocycles. The Balaban J connectivity index is 2.07. The Kier molecular flexibility index (Phi) is 3.49. The minimum Gasteiger partial charge on any atom is -0.487 e. The number of hydrogen-bond acceptors (Lipinski definition) is 3. The van der Waals surface area contributed by atoms with E-state index in [2.05, 4.69) is 17.3 Å². The Morgan fingerprint density at radius 2 is 2.12 bits per heavy atom. The van der Waals surface area contributed by atoms with Crippen LogP contribution in [0.5, 0.6) is 5.75 Å². The average Bonchev–Trinajstić information content (AvgIpc) is 2.51. The zero-order valence-corrected chi connectivity index (χ0v) is 10.4. The topological polar surface area (TPSA) is 39.1 Å². The van der Waals surface area contributed by atoms with Crippen LogP contribution in [0.2, 0.25) is 0 Å². The van der Waals surface area contributed by atoms with Crippen molar-refractivity contribution in [1.82, 2.24) is 15.1 Å². The van der Waals surface area contributed by atoms with Gasteiger partial charge < -0.3 is 10.1 Å². The van der Waals surface area contributed by atoms with Gasteiger partial charge in [0.05, 0.1) is 5.69 Å². The maximum atomic E-state index is 6.09. The molecule has 90 valence electrons. The van der Waals surface area contributed by atoms with Gasteiger partial charge >= 0.3 is 0 Å². The van der Waals surface area contributed by atoms with Crippen LogP contribution < -0.4 is 10.1 Å². The van der Waals surface area contributed by atoms with Crippen LogP contribution in [0.25, 0.3) is 0 Å². The van der Waals surface area contributed by atoms with Gasteiger partial charge in [0.1, 0.15) is 11.8 Å². The second-order valence-corrected chi connectivity index (χ2v) is 4.54. The van der Waals surface area contributed by atoms with Crippen molar-refractivity contribution in [3.8, 4) is 5.75 Å². The fraction of sp³-hybridized carbons (Fsp3) is 0.750. The second kappa shape index (κ2) is 4.87. The largest absolute Gasteiger partial charge is 0.487 e. The number of nitrogens with one attached hydrogen (secondary N) is 1. The van der Waals surface area contributed by atoms with Gasteiger partial charge in [0, 0.05) is 7.05 Å². The van der Waals surface area contributed by atoms with Crippen molar-refractivity contribution in [1.29, 1.82) is 0 Å². The Labute approximate surface area is 97.0 Å². The number of nitrogens with zero attached hydrogens (tertiary/aromatic N) is 2. The first kappa shape index (κ1) is 11.5. The highest BCUT2D eigenvalue weighted by Crippen LogP contribution is 2.24. The highest BCUT2D eigenvalue weighted by Gasteiger charge is 2.18. The van der Waals surface area contributed by atoms with Gasteiger partial charge in [-0.25, -0.2) is 0 Å². The lowest BCUT2D eigenvalue weighted by Gasteiger charge is -2.16. The summed E-state index contributed by atoms with van der Waals surface area (Å²) in [6, 6.07) is 0. The summed E-state index contributed by atoms with van der Waals surface area (Å²) >= 11 is 0. The molecule has 1 aliphatic rings. The van der Waals surface area contributed by atoms with Crippen LogP contribution in [-0.2, 0) is 7.05 Å². The lowest BCUT2D eigenvalue weighted by Crippen LogP contribution is -2.19. The molecule has 2 rings (SSSR count). The molecule has 0 spiro atoms. The smallest absolute Gasteiger partial charge is 0.163 e.